The Kier molecular flexibility index (Phi) is 5.62. The first kappa shape index (κ1) is 19.2. The van der Waals surface area contributed by atoms with Crippen molar-refractivity contribution < 1.29 is 19.1 Å². The van der Waals surface area contributed by atoms with E-state index in [2.05, 4.69) is 15.9 Å². The highest BCUT2D eigenvalue weighted by Crippen LogP contribution is 2.38. The molecule has 0 aliphatic carbocycles. The molecule has 9 heteroatoms. The Labute approximate surface area is 170 Å². The lowest BCUT2D eigenvalue weighted by atomic mass is 10.1. The molecule has 26 heavy (non-hydrogen) atoms. The third-order valence-corrected chi connectivity index (χ3v) is 5.64. The van der Waals surface area contributed by atoms with Gasteiger partial charge in [-0.2, -0.15) is 0 Å². The second-order valence-corrected chi connectivity index (χ2v) is 8.02. The predicted molar refractivity (Wildman–Crippen MR) is 104 cm³/mol. The number of halogens is 4. The molecule has 134 valence electrons. The zero-order valence-electron chi connectivity index (χ0n) is 12.8. The van der Waals surface area contributed by atoms with E-state index in [9.17, 15) is 19.1 Å². The maximum absolute atomic E-state index is 13.1. The molecule has 1 N–H and O–H groups in total. The van der Waals surface area contributed by atoms with Crippen LogP contribution in [0.25, 0.3) is 6.08 Å². The van der Waals surface area contributed by atoms with Gasteiger partial charge in [-0.1, -0.05) is 29.3 Å². The van der Waals surface area contributed by atoms with Crippen LogP contribution in [0.5, 0.6) is 5.75 Å². The number of aromatic hydroxyl groups is 1. The molecule has 0 saturated carbocycles. The van der Waals surface area contributed by atoms with Crippen LogP contribution in [0.1, 0.15) is 11.1 Å². The van der Waals surface area contributed by atoms with Crippen molar-refractivity contribution in [1.82, 2.24) is 4.90 Å². The molecule has 1 saturated heterocycles. The number of amides is 2. The maximum atomic E-state index is 13.1. The van der Waals surface area contributed by atoms with Crippen LogP contribution >= 0.6 is 50.9 Å². The van der Waals surface area contributed by atoms with Crippen molar-refractivity contribution in [3.63, 3.8) is 0 Å². The smallest absolute Gasteiger partial charge is 0.293 e. The van der Waals surface area contributed by atoms with Crippen LogP contribution in [0.2, 0.25) is 10.0 Å². The fraction of sp³-hybridized carbons (Fsp3) is 0.0588. The summed E-state index contributed by atoms with van der Waals surface area (Å²) in [6.07, 6.45) is 1.39. The highest BCUT2D eigenvalue weighted by Gasteiger charge is 2.35. The van der Waals surface area contributed by atoms with Gasteiger partial charge in [-0.3, -0.25) is 14.5 Å². The lowest BCUT2D eigenvalue weighted by Gasteiger charge is -2.13. The minimum absolute atomic E-state index is 0.0770. The molecular formula is C17H9BrCl2FNO3S. The van der Waals surface area contributed by atoms with Crippen molar-refractivity contribution in [2.45, 2.75) is 6.54 Å². The SMILES string of the molecule is O=C1S/C(=C\c2cc(Cl)cc(Br)c2O)C(=O)N1Cc1ccc(F)cc1Cl. The summed E-state index contributed by atoms with van der Waals surface area (Å²) in [5.41, 5.74) is 0.750. The normalized spacial score (nSPS) is 16.0. The Morgan fingerprint density at radius 1 is 1.23 bits per heavy atom. The molecule has 1 fully saturated rings. The number of phenols is 1. The first-order valence-electron chi connectivity index (χ1n) is 7.13. The number of nitrogens with zero attached hydrogens (tertiary/aromatic N) is 1. The monoisotopic (exact) mass is 475 g/mol. The zero-order chi connectivity index (χ0) is 19.0. The molecule has 1 heterocycles. The van der Waals surface area contributed by atoms with E-state index in [1.165, 1.54) is 30.3 Å². The van der Waals surface area contributed by atoms with Gasteiger partial charge in [-0.25, -0.2) is 4.39 Å². The number of thioether (sulfide) groups is 1. The molecule has 4 nitrogen and oxygen atoms in total. The average molecular weight is 477 g/mol. The number of carbonyl (C=O) groups excluding carboxylic acids is 2. The van der Waals surface area contributed by atoms with Crippen LogP contribution in [0.4, 0.5) is 9.18 Å². The molecule has 0 bridgehead atoms. The van der Waals surface area contributed by atoms with Gasteiger partial charge in [-0.05, 0) is 63.6 Å². The van der Waals surface area contributed by atoms with Gasteiger partial charge in [0.1, 0.15) is 11.6 Å². The van der Waals surface area contributed by atoms with Gasteiger partial charge in [0.2, 0.25) is 0 Å². The average Bonchev–Trinajstić information content (AvgIpc) is 2.82. The Morgan fingerprint density at radius 2 is 1.96 bits per heavy atom. The van der Waals surface area contributed by atoms with Crippen LogP contribution in [0, 0.1) is 5.82 Å². The Morgan fingerprint density at radius 3 is 2.65 bits per heavy atom. The van der Waals surface area contributed by atoms with Gasteiger partial charge in [0.05, 0.1) is 15.9 Å². The highest BCUT2D eigenvalue weighted by atomic mass is 79.9. The van der Waals surface area contributed by atoms with E-state index < -0.39 is 17.0 Å². The van der Waals surface area contributed by atoms with Gasteiger partial charge >= 0.3 is 0 Å². The summed E-state index contributed by atoms with van der Waals surface area (Å²) in [7, 11) is 0. The molecule has 1 aliphatic heterocycles. The minimum atomic E-state index is -0.532. The molecule has 1 aliphatic rings. The van der Waals surface area contributed by atoms with Gasteiger partial charge in [-0.15, -0.1) is 0 Å². The Balaban J connectivity index is 1.89. The summed E-state index contributed by atoms with van der Waals surface area (Å²) in [5.74, 6) is -1.13. The van der Waals surface area contributed by atoms with Crippen molar-refractivity contribution in [2.24, 2.45) is 0 Å². The molecule has 0 spiro atoms. The number of benzene rings is 2. The van der Waals surface area contributed by atoms with Crippen molar-refractivity contribution in [3.05, 3.63) is 66.7 Å². The zero-order valence-corrected chi connectivity index (χ0v) is 16.7. The van der Waals surface area contributed by atoms with E-state index >= 15 is 0 Å². The summed E-state index contributed by atoms with van der Waals surface area (Å²) in [4.78, 5) is 25.9. The molecule has 3 rings (SSSR count). The Hall–Kier alpha value is -1.54. The van der Waals surface area contributed by atoms with Crippen molar-refractivity contribution in [1.29, 1.82) is 0 Å². The third kappa shape index (κ3) is 3.91. The quantitative estimate of drug-likeness (QED) is 0.565. The lowest BCUT2D eigenvalue weighted by Crippen LogP contribution is -2.27. The maximum Gasteiger partial charge on any atom is 0.293 e. The fourth-order valence-electron chi connectivity index (χ4n) is 2.29. The van der Waals surface area contributed by atoms with Crippen LogP contribution in [-0.2, 0) is 11.3 Å². The lowest BCUT2D eigenvalue weighted by molar-refractivity contribution is -0.123. The number of hydrogen-bond acceptors (Lipinski definition) is 4. The first-order valence-corrected chi connectivity index (χ1v) is 9.50. The molecule has 2 amide bonds. The van der Waals surface area contributed by atoms with E-state index in [4.69, 9.17) is 23.2 Å². The Bertz CT molecular complexity index is 967. The predicted octanol–water partition coefficient (Wildman–Crippen LogP) is 5.84. The molecule has 0 aromatic heterocycles. The van der Waals surface area contributed by atoms with E-state index in [1.54, 1.807) is 0 Å². The first-order chi connectivity index (χ1) is 12.3. The summed E-state index contributed by atoms with van der Waals surface area (Å²) < 4.78 is 13.5. The standard InChI is InChI=1S/C17H9BrCl2FNO3S/c18-12-5-10(19)3-9(15(12)23)4-14-16(24)22(17(25)26-14)7-8-1-2-11(21)6-13(8)20/h1-6,23H,7H2/b14-4-. The summed E-state index contributed by atoms with van der Waals surface area (Å²) in [5, 5.41) is 10.1. The molecule has 2 aromatic rings. The minimum Gasteiger partial charge on any atom is -0.506 e. The fourth-order valence-corrected chi connectivity index (χ4v) is 4.18. The second-order valence-electron chi connectivity index (χ2n) is 5.33. The van der Waals surface area contributed by atoms with Gasteiger partial charge in [0.15, 0.2) is 0 Å². The van der Waals surface area contributed by atoms with Crippen molar-refractivity contribution in [3.8, 4) is 5.75 Å². The topological polar surface area (TPSA) is 57.6 Å². The van der Waals surface area contributed by atoms with Gasteiger partial charge < -0.3 is 5.11 Å². The van der Waals surface area contributed by atoms with Crippen LogP contribution in [0.15, 0.2) is 39.7 Å². The molecular weight excluding hydrogens is 468 g/mol. The van der Waals surface area contributed by atoms with Crippen molar-refractivity contribution >= 4 is 68.1 Å². The van der Waals surface area contributed by atoms with Crippen LogP contribution < -0.4 is 0 Å². The summed E-state index contributed by atoms with van der Waals surface area (Å²) in [6, 6.07) is 6.73. The summed E-state index contributed by atoms with van der Waals surface area (Å²) in [6.45, 7) is -0.0770. The van der Waals surface area contributed by atoms with Gasteiger partial charge in [0, 0.05) is 15.6 Å². The van der Waals surface area contributed by atoms with Crippen molar-refractivity contribution in [2.75, 3.05) is 0 Å². The van der Waals surface area contributed by atoms with E-state index in [1.807, 2.05) is 0 Å². The van der Waals surface area contributed by atoms with E-state index in [-0.39, 0.29) is 22.2 Å². The third-order valence-electron chi connectivity index (χ3n) is 3.56. The second kappa shape index (κ2) is 7.60. The van der Waals surface area contributed by atoms with Crippen LogP contribution in [-0.4, -0.2) is 21.2 Å². The molecule has 0 radical (unpaired) electrons. The van der Waals surface area contributed by atoms with Gasteiger partial charge in [0.25, 0.3) is 11.1 Å². The van der Waals surface area contributed by atoms with E-state index in [0.29, 0.717) is 20.6 Å². The molecule has 2 aromatic carbocycles. The summed E-state index contributed by atoms with van der Waals surface area (Å²) >= 11 is 15.8. The number of hydrogen-bond donors (Lipinski definition) is 1. The molecule has 0 unspecified atom stereocenters. The van der Waals surface area contributed by atoms with E-state index in [0.717, 1.165) is 22.7 Å². The largest absolute Gasteiger partial charge is 0.506 e. The number of rotatable bonds is 3. The highest BCUT2D eigenvalue weighted by molar-refractivity contribution is 9.10. The number of imide groups is 1. The number of carbonyl (C=O) groups is 2. The molecule has 0 atom stereocenters. The van der Waals surface area contributed by atoms with Crippen LogP contribution in [0.3, 0.4) is 0 Å². The number of phenolic OH excluding ortho intramolecular Hbond substituents is 1.